The molecule has 5 heteroatoms. The van der Waals surface area contributed by atoms with Gasteiger partial charge in [-0.05, 0) is 36.4 Å². The van der Waals surface area contributed by atoms with Gasteiger partial charge in [-0.15, -0.1) is 0 Å². The van der Waals surface area contributed by atoms with Gasteiger partial charge in [-0.3, -0.25) is 4.79 Å². The molecule has 1 aromatic heterocycles. The molecule has 0 radical (unpaired) electrons. The summed E-state index contributed by atoms with van der Waals surface area (Å²) in [7, 11) is 1.47. The van der Waals surface area contributed by atoms with Crippen LogP contribution in [0.5, 0.6) is 11.5 Å². The van der Waals surface area contributed by atoms with Crippen molar-refractivity contribution >= 4 is 26.9 Å². The first-order valence-electron chi connectivity index (χ1n) is 6.19. The van der Waals surface area contributed by atoms with Gasteiger partial charge in [0.05, 0.1) is 12.5 Å². The highest BCUT2D eigenvalue weighted by molar-refractivity contribution is 9.10. The summed E-state index contributed by atoms with van der Waals surface area (Å²) in [5.74, 6) is 0.757. The fourth-order valence-corrected chi connectivity index (χ4v) is 2.48. The van der Waals surface area contributed by atoms with Crippen LogP contribution in [0.25, 0.3) is 22.3 Å². The van der Waals surface area contributed by atoms with Gasteiger partial charge in [0, 0.05) is 16.1 Å². The Morgan fingerprint density at radius 3 is 2.67 bits per heavy atom. The van der Waals surface area contributed by atoms with Crippen molar-refractivity contribution in [3.63, 3.8) is 0 Å². The predicted molar refractivity (Wildman–Crippen MR) is 83.8 cm³/mol. The van der Waals surface area contributed by atoms with Crippen molar-refractivity contribution < 1.29 is 14.3 Å². The summed E-state index contributed by atoms with van der Waals surface area (Å²) in [6, 6.07) is 11.5. The van der Waals surface area contributed by atoms with Crippen molar-refractivity contribution in [1.82, 2.24) is 0 Å². The molecule has 0 aliphatic carbocycles. The molecule has 1 N–H and O–H groups in total. The van der Waals surface area contributed by atoms with Crippen LogP contribution < -0.4 is 10.2 Å². The lowest BCUT2D eigenvalue weighted by atomic mass is 10.1. The van der Waals surface area contributed by atoms with E-state index in [1.54, 1.807) is 30.3 Å². The number of phenolic OH excluding ortho intramolecular Hbond substituents is 1. The fraction of sp³-hybridized carbons (Fsp3) is 0.0625. The van der Waals surface area contributed by atoms with E-state index in [-0.39, 0.29) is 11.2 Å². The van der Waals surface area contributed by atoms with Crippen molar-refractivity contribution in [2.45, 2.75) is 0 Å². The van der Waals surface area contributed by atoms with Gasteiger partial charge >= 0.3 is 0 Å². The summed E-state index contributed by atoms with van der Waals surface area (Å²) in [5, 5.41) is 10.3. The highest BCUT2D eigenvalue weighted by Gasteiger charge is 2.10. The predicted octanol–water partition coefficient (Wildman–Crippen LogP) is 3.94. The molecule has 2 aromatic carbocycles. The van der Waals surface area contributed by atoms with E-state index in [0.29, 0.717) is 28.0 Å². The Labute approximate surface area is 128 Å². The molecule has 0 atom stereocenters. The fourth-order valence-electron chi connectivity index (χ4n) is 2.11. The summed E-state index contributed by atoms with van der Waals surface area (Å²) >= 11 is 3.33. The standard InChI is InChI=1S/C16H11BrO4/c1-20-15-4-2-9(6-13(15)19)16-8-12(18)11-7-10(17)3-5-14(11)21-16/h2-8,19H,1H3. The molecule has 21 heavy (non-hydrogen) atoms. The molecule has 3 aromatic rings. The van der Waals surface area contributed by atoms with Crippen LogP contribution in [0, 0.1) is 0 Å². The van der Waals surface area contributed by atoms with E-state index in [4.69, 9.17) is 9.15 Å². The Bertz CT molecular complexity index is 883. The lowest BCUT2D eigenvalue weighted by molar-refractivity contribution is 0.373. The maximum atomic E-state index is 12.2. The average Bonchev–Trinajstić information content (AvgIpc) is 2.47. The zero-order valence-electron chi connectivity index (χ0n) is 11.1. The van der Waals surface area contributed by atoms with E-state index >= 15 is 0 Å². The third kappa shape index (κ3) is 2.52. The number of ether oxygens (including phenoxy) is 1. The van der Waals surface area contributed by atoms with Gasteiger partial charge in [-0.1, -0.05) is 15.9 Å². The van der Waals surface area contributed by atoms with Crippen LogP contribution in [-0.2, 0) is 0 Å². The monoisotopic (exact) mass is 346 g/mol. The van der Waals surface area contributed by atoms with Crippen LogP contribution >= 0.6 is 15.9 Å². The lowest BCUT2D eigenvalue weighted by Crippen LogP contribution is -2.00. The van der Waals surface area contributed by atoms with Gasteiger partial charge in [0.25, 0.3) is 0 Å². The minimum absolute atomic E-state index is 0.00597. The quantitative estimate of drug-likeness (QED) is 0.763. The second-order valence-electron chi connectivity index (χ2n) is 4.50. The topological polar surface area (TPSA) is 59.7 Å². The number of methoxy groups -OCH3 is 1. The number of aromatic hydroxyl groups is 1. The van der Waals surface area contributed by atoms with Crippen molar-refractivity contribution in [1.29, 1.82) is 0 Å². The van der Waals surface area contributed by atoms with Crippen molar-refractivity contribution in [2.24, 2.45) is 0 Å². The smallest absolute Gasteiger partial charge is 0.193 e. The molecule has 1 heterocycles. The Hall–Kier alpha value is -2.27. The molecule has 0 fully saturated rings. The highest BCUT2D eigenvalue weighted by atomic mass is 79.9. The van der Waals surface area contributed by atoms with E-state index in [9.17, 15) is 9.90 Å². The summed E-state index contributed by atoms with van der Waals surface area (Å²) in [5.41, 5.74) is 0.967. The molecule has 106 valence electrons. The van der Waals surface area contributed by atoms with E-state index in [1.807, 2.05) is 0 Å². The van der Waals surface area contributed by atoms with Crippen molar-refractivity contribution in [3.8, 4) is 22.8 Å². The summed E-state index contributed by atoms with van der Waals surface area (Å²) < 4.78 is 11.6. The van der Waals surface area contributed by atoms with E-state index < -0.39 is 0 Å². The summed E-state index contributed by atoms with van der Waals surface area (Å²) in [6.07, 6.45) is 0. The first-order valence-corrected chi connectivity index (χ1v) is 6.98. The van der Waals surface area contributed by atoms with Gasteiger partial charge in [0.15, 0.2) is 16.9 Å². The van der Waals surface area contributed by atoms with Gasteiger partial charge in [-0.2, -0.15) is 0 Å². The molecular formula is C16H11BrO4. The maximum absolute atomic E-state index is 12.2. The Balaban J connectivity index is 2.19. The van der Waals surface area contributed by atoms with Crippen molar-refractivity contribution in [3.05, 3.63) is 57.2 Å². The minimum atomic E-state index is -0.136. The number of benzene rings is 2. The number of rotatable bonds is 2. The number of halogens is 1. The largest absolute Gasteiger partial charge is 0.504 e. The average molecular weight is 347 g/mol. The third-order valence-electron chi connectivity index (χ3n) is 3.15. The second-order valence-corrected chi connectivity index (χ2v) is 5.42. The molecule has 0 amide bonds. The van der Waals surface area contributed by atoms with E-state index in [2.05, 4.69) is 15.9 Å². The molecule has 0 spiro atoms. The summed E-state index contributed by atoms with van der Waals surface area (Å²) in [4.78, 5) is 12.2. The first kappa shape index (κ1) is 13.7. The van der Waals surface area contributed by atoms with Crippen LogP contribution in [0.3, 0.4) is 0 Å². The van der Waals surface area contributed by atoms with Gasteiger partial charge in [0.2, 0.25) is 0 Å². The Morgan fingerprint density at radius 1 is 1.14 bits per heavy atom. The molecule has 4 nitrogen and oxygen atoms in total. The number of hydrogen-bond donors (Lipinski definition) is 1. The molecule has 0 bridgehead atoms. The van der Waals surface area contributed by atoms with Crippen molar-refractivity contribution in [2.75, 3.05) is 7.11 Å². The molecule has 0 saturated heterocycles. The third-order valence-corrected chi connectivity index (χ3v) is 3.65. The number of hydrogen-bond acceptors (Lipinski definition) is 4. The van der Waals surface area contributed by atoms with Crippen LogP contribution in [0.2, 0.25) is 0 Å². The normalized spacial score (nSPS) is 10.8. The lowest BCUT2D eigenvalue weighted by Gasteiger charge is -2.07. The number of phenols is 1. The SMILES string of the molecule is COc1ccc(-c2cc(=O)c3cc(Br)ccc3o2)cc1O. The van der Waals surface area contributed by atoms with Crippen LogP contribution in [0.4, 0.5) is 0 Å². The first-order chi connectivity index (χ1) is 10.1. The Morgan fingerprint density at radius 2 is 1.95 bits per heavy atom. The van der Waals surface area contributed by atoms with Gasteiger partial charge < -0.3 is 14.3 Å². The van der Waals surface area contributed by atoms with E-state index in [1.165, 1.54) is 19.2 Å². The van der Waals surface area contributed by atoms with E-state index in [0.717, 1.165) is 4.47 Å². The molecule has 3 rings (SSSR count). The molecular weight excluding hydrogens is 336 g/mol. The van der Waals surface area contributed by atoms with Crippen LogP contribution in [0.1, 0.15) is 0 Å². The van der Waals surface area contributed by atoms with Gasteiger partial charge in [-0.25, -0.2) is 0 Å². The Kier molecular flexibility index (Phi) is 3.43. The number of fused-ring (bicyclic) bond motifs is 1. The molecule has 0 aliphatic heterocycles. The van der Waals surface area contributed by atoms with Crippen LogP contribution in [-0.4, -0.2) is 12.2 Å². The maximum Gasteiger partial charge on any atom is 0.193 e. The summed E-state index contributed by atoms with van der Waals surface area (Å²) in [6.45, 7) is 0. The van der Waals surface area contributed by atoms with Gasteiger partial charge in [0.1, 0.15) is 11.3 Å². The molecule has 0 aliphatic rings. The zero-order valence-corrected chi connectivity index (χ0v) is 12.7. The second kappa shape index (κ2) is 5.26. The minimum Gasteiger partial charge on any atom is -0.504 e. The van der Waals surface area contributed by atoms with Crippen LogP contribution in [0.15, 0.2) is 56.1 Å². The molecule has 0 saturated carbocycles. The molecule has 0 unspecified atom stereocenters. The zero-order chi connectivity index (χ0) is 15.0. The highest BCUT2D eigenvalue weighted by Crippen LogP contribution is 2.32.